The average Bonchev–Trinajstić information content (AvgIpc) is 2.52. The van der Waals surface area contributed by atoms with Crippen LogP contribution in [0.4, 0.5) is 0 Å². The van der Waals surface area contributed by atoms with Crippen LogP contribution >= 0.6 is 7.92 Å². The van der Waals surface area contributed by atoms with Gasteiger partial charge in [0.15, 0.2) is 0 Å². The van der Waals surface area contributed by atoms with Crippen molar-refractivity contribution in [1.29, 1.82) is 0 Å². The highest BCUT2D eigenvalue weighted by Gasteiger charge is 2.32. The lowest BCUT2D eigenvalue weighted by molar-refractivity contribution is 0.135. The molecule has 3 rings (SSSR count). The van der Waals surface area contributed by atoms with Crippen LogP contribution in [0.1, 0.15) is 25.7 Å². The number of aliphatic hydroxyl groups excluding tert-OH is 1. The second-order valence-corrected chi connectivity index (χ2v) is 7.90. The van der Waals surface area contributed by atoms with E-state index in [2.05, 4.69) is 60.7 Å². The standard InChI is InChI=1S/C18H21OP/c19-17-13-7-8-14-18(17)20(15-9-3-1-4-10-15)16-11-5-2-6-12-16/h1-6,9-12,17-19H,7-8,13-14H2/t17-,18-/m1/s1. The fraction of sp³-hybridized carbons (Fsp3) is 0.333. The first-order chi connectivity index (χ1) is 9.86. The summed E-state index contributed by atoms with van der Waals surface area (Å²) in [7, 11) is -0.458. The monoisotopic (exact) mass is 284 g/mol. The van der Waals surface area contributed by atoms with Crippen molar-refractivity contribution >= 4 is 18.5 Å². The largest absolute Gasteiger partial charge is 0.392 e. The van der Waals surface area contributed by atoms with Gasteiger partial charge in [0.1, 0.15) is 0 Å². The van der Waals surface area contributed by atoms with Crippen LogP contribution in [0.5, 0.6) is 0 Å². The Hall–Kier alpha value is -1.17. The van der Waals surface area contributed by atoms with Gasteiger partial charge < -0.3 is 5.11 Å². The minimum Gasteiger partial charge on any atom is -0.392 e. The summed E-state index contributed by atoms with van der Waals surface area (Å²) in [6, 6.07) is 21.5. The van der Waals surface area contributed by atoms with Crippen molar-refractivity contribution in [1.82, 2.24) is 0 Å². The van der Waals surface area contributed by atoms with Crippen LogP contribution in [-0.4, -0.2) is 16.9 Å². The molecule has 1 saturated carbocycles. The molecule has 0 bridgehead atoms. The number of rotatable bonds is 3. The summed E-state index contributed by atoms with van der Waals surface area (Å²) in [5.41, 5.74) is 0.406. The van der Waals surface area contributed by atoms with Crippen molar-refractivity contribution in [3.8, 4) is 0 Å². The third kappa shape index (κ3) is 2.95. The Bertz CT molecular complexity index is 486. The summed E-state index contributed by atoms with van der Waals surface area (Å²) >= 11 is 0. The van der Waals surface area contributed by atoms with Crippen molar-refractivity contribution < 1.29 is 5.11 Å². The third-order valence-corrected chi connectivity index (χ3v) is 7.07. The Labute approximate surface area is 122 Å². The number of hydrogen-bond acceptors (Lipinski definition) is 1. The summed E-state index contributed by atoms with van der Waals surface area (Å²) < 4.78 is 0. The van der Waals surface area contributed by atoms with E-state index in [1.807, 2.05) is 0 Å². The highest BCUT2D eigenvalue weighted by Crippen LogP contribution is 2.46. The van der Waals surface area contributed by atoms with Crippen LogP contribution in [0.15, 0.2) is 60.7 Å². The summed E-state index contributed by atoms with van der Waals surface area (Å²) in [4.78, 5) is 0. The molecule has 2 aromatic carbocycles. The molecule has 1 N–H and O–H groups in total. The van der Waals surface area contributed by atoms with Crippen molar-refractivity contribution in [3.63, 3.8) is 0 Å². The first-order valence-corrected chi connectivity index (χ1v) is 8.85. The molecule has 2 atom stereocenters. The van der Waals surface area contributed by atoms with Crippen LogP contribution in [-0.2, 0) is 0 Å². The fourth-order valence-corrected chi connectivity index (χ4v) is 6.09. The van der Waals surface area contributed by atoms with Gasteiger partial charge in [0, 0.05) is 5.66 Å². The van der Waals surface area contributed by atoms with E-state index in [-0.39, 0.29) is 6.10 Å². The Morgan fingerprint density at radius 3 is 1.75 bits per heavy atom. The van der Waals surface area contributed by atoms with Crippen LogP contribution in [0.25, 0.3) is 0 Å². The van der Waals surface area contributed by atoms with Crippen LogP contribution in [0.2, 0.25) is 0 Å². The van der Waals surface area contributed by atoms with Gasteiger partial charge in [-0.1, -0.05) is 73.5 Å². The Kier molecular flexibility index (Phi) is 4.50. The topological polar surface area (TPSA) is 20.2 Å². The predicted molar refractivity (Wildman–Crippen MR) is 87.3 cm³/mol. The maximum atomic E-state index is 10.5. The molecule has 0 aliphatic heterocycles. The molecule has 0 saturated heterocycles. The van der Waals surface area contributed by atoms with E-state index < -0.39 is 7.92 Å². The lowest BCUT2D eigenvalue weighted by Crippen LogP contribution is -2.34. The maximum absolute atomic E-state index is 10.5. The molecule has 2 heteroatoms. The zero-order valence-electron chi connectivity index (χ0n) is 11.7. The van der Waals surface area contributed by atoms with Gasteiger partial charge in [-0.15, -0.1) is 0 Å². The zero-order valence-corrected chi connectivity index (χ0v) is 12.5. The van der Waals surface area contributed by atoms with Gasteiger partial charge in [-0.3, -0.25) is 0 Å². The van der Waals surface area contributed by atoms with Crippen LogP contribution in [0.3, 0.4) is 0 Å². The number of aliphatic hydroxyl groups is 1. The SMILES string of the molecule is O[C@@H]1CCCC[C@H]1P(c1ccccc1)c1ccccc1. The molecular formula is C18H21OP. The maximum Gasteiger partial charge on any atom is 0.0613 e. The average molecular weight is 284 g/mol. The highest BCUT2D eigenvalue weighted by molar-refractivity contribution is 7.73. The smallest absolute Gasteiger partial charge is 0.0613 e. The van der Waals surface area contributed by atoms with E-state index in [0.717, 1.165) is 12.8 Å². The van der Waals surface area contributed by atoms with Crippen molar-refractivity contribution in [2.75, 3.05) is 0 Å². The van der Waals surface area contributed by atoms with E-state index in [0.29, 0.717) is 5.66 Å². The number of benzene rings is 2. The molecule has 104 valence electrons. The van der Waals surface area contributed by atoms with E-state index in [9.17, 15) is 5.11 Å². The first kappa shape index (κ1) is 13.8. The molecule has 20 heavy (non-hydrogen) atoms. The van der Waals surface area contributed by atoms with Gasteiger partial charge in [0.05, 0.1) is 6.10 Å². The minimum absolute atomic E-state index is 0.143. The first-order valence-electron chi connectivity index (χ1n) is 7.43. The van der Waals surface area contributed by atoms with Crippen molar-refractivity contribution in [2.45, 2.75) is 37.4 Å². The lowest BCUT2D eigenvalue weighted by Gasteiger charge is -2.35. The van der Waals surface area contributed by atoms with Gasteiger partial charge in [-0.2, -0.15) is 0 Å². The van der Waals surface area contributed by atoms with E-state index in [1.54, 1.807) is 0 Å². The van der Waals surface area contributed by atoms with Crippen LogP contribution in [0, 0.1) is 0 Å². The van der Waals surface area contributed by atoms with Gasteiger partial charge in [-0.05, 0) is 31.4 Å². The Balaban J connectivity index is 1.99. The van der Waals surface area contributed by atoms with Crippen molar-refractivity contribution in [3.05, 3.63) is 60.7 Å². The molecule has 0 radical (unpaired) electrons. The highest BCUT2D eigenvalue weighted by atomic mass is 31.1. The van der Waals surface area contributed by atoms with Gasteiger partial charge in [-0.25, -0.2) is 0 Å². The molecule has 1 aliphatic rings. The second-order valence-electron chi connectivity index (χ2n) is 5.46. The minimum atomic E-state index is -0.458. The molecule has 0 heterocycles. The molecule has 0 unspecified atom stereocenters. The third-order valence-electron chi connectivity index (χ3n) is 4.09. The molecule has 1 aliphatic carbocycles. The Morgan fingerprint density at radius 1 is 0.750 bits per heavy atom. The second kappa shape index (κ2) is 6.52. The molecule has 0 amide bonds. The van der Waals surface area contributed by atoms with E-state index in [4.69, 9.17) is 0 Å². The lowest BCUT2D eigenvalue weighted by atomic mass is 9.97. The summed E-state index contributed by atoms with van der Waals surface area (Å²) in [6.45, 7) is 0. The van der Waals surface area contributed by atoms with Gasteiger partial charge >= 0.3 is 0 Å². The number of hydrogen-bond donors (Lipinski definition) is 1. The molecular weight excluding hydrogens is 263 g/mol. The summed E-state index contributed by atoms with van der Waals surface area (Å²) in [5.74, 6) is 0. The summed E-state index contributed by atoms with van der Waals surface area (Å²) in [6.07, 6.45) is 4.39. The Morgan fingerprint density at radius 2 is 1.25 bits per heavy atom. The summed E-state index contributed by atoms with van der Waals surface area (Å²) in [5, 5.41) is 13.3. The van der Waals surface area contributed by atoms with E-state index in [1.165, 1.54) is 23.5 Å². The fourth-order valence-electron chi connectivity index (χ4n) is 3.10. The molecule has 0 aromatic heterocycles. The predicted octanol–water partition coefficient (Wildman–Crippen LogP) is 3.42. The molecule has 1 fully saturated rings. The van der Waals surface area contributed by atoms with Crippen LogP contribution < -0.4 is 10.6 Å². The molecule has 1 nitrogen and oxygen atoms in total. The van der Waals surface area contributed by atoms with Gasteiger partial charge in [0.25, 0.3) is 0 Å². The molecule has 0 spiro atoms. The molecule has 2 aromatic rings. The zero-order chi connectivity index (χ0) is 13.8. The van der Waals surface area contributed by atoms with Crippen molar-refractivity contribution in [2.24, 2.45) is 0 Å². The van der Waals surface area contributed by atoms with Gasteiger partial charge in [0.2, 0.25) is 0 Å². The normalized spacial score (nSPS) is 22.9. The quantitative estimate of drug-likeness (QED) is 0.856. The van der Waals surface area contributed by atoms with E-state index >= 15 is 0 Å².